The van der Waals surface area contributed by atoms with Crippen molar-refractivity contribution in [2.75, 3.05) is 106 Å². The number of carbonyl (C=O) groups is 4. The Morgan fingerprint density at radius 3 is 1.27 bits per heavy atom. The second-order valence-electron chi connectivity index (χ2n) is 13.9. The molecule has 0 aliphatic heterocycles. The van der Waals surface area contributed by atoms with E-state index < -0.39 is 19.0 Å². The van der Waals surface area contributed by atoms with E-state index in [-0.39, 0.29) is 121 Å². The number of hydrogen-bond donors (Lipinski definition) is 5. The molecule has 2 rings (SSSR count). The molecular weight excluding hydrogens is 835 g/mol. The molecule has 0 aliphatic carbocycles. The van der Waals surface area contributed by atoms with Gasteiger partial charge in [0.05, 0.1) is 59.5 Å². The average Bonchev–Trinajstić information content (AvgIpc) is 3.26. The van der Waals surface area contributed by atoms with Crippen LogP contribution in [0.2, 0.25) is 0 Å². The average molecular weight is 897 g/mol. The normalized spacial score (nSPS) is 11.9. The highest BCUT2D eigenvalue weighted by molar-refractivity contribution is 7.52. The Hall–Kier alpha value is -5.25. The van der Waals surface area contributed by atoms with E-state index >= 15 is 0 Å². The van der Waals surface area contributed by atoms with E-state index in [1.165, 1.54) is 0 Å². The zero-order valence-corrected chi connectivity index (χ0v) is 36.9. The molecule has 2 aromatic rings. The van der Waals surface area contributed by atoms with Crippen LogP contribution in [-0.2, 0) is 47.4 Å². The molecule has 0 bridgehead atoms. The number of benzene rings is 2. The summed E-state index contributed by atoms with van der Waals surface area (Å²) < 4.78 is 48.7. The zero-order chi connectivity index (χ0) is 46.0. The maximum Gasteiger partial charge on any atom is 0.373 e. The van der Waals surface area contributed by atoms with Crippen molar-refractivity contribution in [3.8, 4) is 53.9 Å². The fourth-order valence-electron chi connectivity index (χ4n) is 5.76. The van der Waals surface area contributed by atoms with Crippen LogP contribution in [0.1, 0.15) is 48.9 Å². The van der Waals surface area contributed by atoms with Gasteiger partial charge in [-0.3, -0.25) is 19.2 Å². The zero-order valence-electron chi connectivity index (χ0n) is 36.0. The molecule has 17 nitrogen and oxygen atoms in total. The number of amides is 4. The first-order valence-electron chi connectivity index (χ1n) is 20.5. The van der Waals surface area contributed by atoms with Crippen LogP contribution < -0.4 is 25.8 Å². The summed E-state index contributed by atoms with van der Waals surface area (Å²) in [6.07, 6.45) is 15.7. The largest absolute Gasteiger partial charge is 0.425 e. The highest BCUT2D eigenvalue weighted by atomic mass is 31.2. The first kappa shape index (κ1) is 53.9. The second kappa shape index (κ2) is 32.4. The topological polar surface area (TPSA) is 218 Å². The van der Waals surface area contributed by atoms with Crippen LogP contribution in [0.15, 0.2) is 48.5 Å². The van der Waals surface area contributed by atoms with E-state index in [1.807, 2.05) is 0 Å². The Morgan fingerprint density at radius 2 is 0.921 bits per heavy atom. The van der Waals surface area contributed by atoms with E-state index in [1.54, 1.807) is 48.5 Å². The maximum atomic E-state index is 14.0. The molecule has 1 atom stereocenters. The van der Waals surface area contributed by atoms with Crippen LogP contribution in [0.3, 0.4) is 0 Å². The van der Waals surface area contributed by atoms with Crippen LogP contribution in [0.4, 0.5) is 0 Å². The van der Waals surface area contributed by atoms with Crippen LogP contribution in [0.25, 0.3) is 11.1 Å². The highest BCUT2D eigenvalue weighted by Crippen LogP contribution is 2.38. The van der Waals surface area contributed by atoms with Crippen LogP contribution >= 0.6 is 7.60 Å². The summed E-state index contributed by atoms with van der Waals surface area (Å²) in [6, 6.07) is 13.3. The SMILES string of the molecule is C#CCOCCOCCNC(=O)CCC(CCC(=O)NCCOCCOCC#C)(CCC(=O)NCCOCCOCC#C)NC(=O)c1ccc(-c2ccc(OP(C)(=O)O)cc2)cc1. The molecule has 0 fully saturated rings. The van der Waals surface area contributed by atoms with Crippen molar-refractivity contribution in [1.82, 2.24) is 21.3 Å². The number of nitrogens with one attached hydrogen (secondary N) is 4. The smallest absolute Gasteiger partial charge is 0.373 e. The summed E-state index contributed by atoms with van der Waals surface area (Å²) in [5.41, 5.74) is 0.631. The van der Waals surface area contributed by atoms with Crippen LogP contribution in [-0.4, -0.2) is 140 Å². The van der Waals surface area contributed by atoms with Gasteiger partial charge in [-0.05, 0) is 54.7 Å². The summed E-state index contributed by atoms with van der Waals surface area (Å²) in [4.78, 5) is 63.0. The molecule has 4 amide bonds. The summed E-state index contributed by atoms with van der Waals surface area (Å²) >= 11 is 0. The lowest BCUT2D eigenvalue weighted by atomic mass is 9.82. The Bertz CT molecular complexity index is 1720. The van der Waals surface area contributed by atoms with Crippen molar-refractivity contribution in [2.24, 2.45) is 0 Å². The molecular formula is C45H61N4O13P. The van der Waals surface area contributed by atoms with E-state index in [0.717, 1.165) is 17.8 Å². The second-order valence-corrected chi connectivity index (χ2v) is 15.7. The molecule has 0 aromatic heterocycles. The number of rotatable bonds is 35. The van der Waals surface area contributed by atoms with Gasteiger partial charge in [0.2, 0.25) is 17.7 Å². The van der Waals surface area contributed by atoms with Gasteiger partial charge >= 0.3 is 7.60 Å². The van der Waals surface area contributed by atoms with E-state index in [0.29, 0.717) is 45.2 Å². The molecule has 344 valence electrons. The fraction of sp³-hybridized carbons (Fsp3) is 0.511. The molecule has 2 aromatic carbocycles. The molecule has 0 heterocycles. The molecule has 0 spiro atoms. The van der Waals surface area contributed by atoms with Crippen molar-refractivity contribution >= 4 is 31.2 Å². The van der Waals surface area contributed by atoms with E-state index in [4.69, 9.17) is 52.2 Å². The molecule has 63 heavy (non-hydrogen) atoms. The molecule has 0 saturated heterocycles. The highest BCUT2D eigenvalue weighted by Gasteiger charge is 2.34. The first-order chi connectivity index (χ1) is 30.4. The van der Waals surface area contributed by atoms with Gasteiger partial charge in [-0.15, -0.1) is 19.3 Å². The van der Waals surface area contributed by atoms with E-state index in [9.17, 15) is 28.6 Å². The fourth-order valence-corrected chi connectivity index (χ4v) is 6.27. The van der Waals surface area contributed by atoms with Crippen molar-refractivity contribution in [3.63, 3.8) is 0 Å². The Labute approximate surface area is 370 Å². The number of terminal acetylenes is 3. The van der Waals surface area contributed by atoms with Crippen LogP contribution in [0.5, 0.6) is 5.75 Å². The predicted molar refractivity (Wildman–Crippen MR) is 237 cm³/mol. The molecule has 0 aliphatic rings. The number of ether oxygens (including phenoxy) is 6. The third-order valence-electron chi connectivity index (χ3n) is 8.86. The van der Waals surface area contributed by atoms with Crippen LogP contribution in [0, 0.1) is 37.0 Å². The number of carbonyl (C=O) groups excluding carboxylic acids is 4. The van der Waals surface area contributed by atoms with Crippen molar-refractivity contribution in [1.29, 1.82) is 0 Å². The van der Waals surface area contributed by atoms with Crippen molar-refractivity contribution in [2.45, 2.75) is 44.1 Å². The monoisotopic (exact) mass is 896 g/mol. The Balaban J connectivity index is 2.23. The quantitative estimate of drug-likeness (QED) is 0.0383. The third-order valence-corrected chi connectivity index (χ3v) is 9.41. The minimum absolute atomic E-state index is 0.0393. The van der Waals surface area contributed by atoms with Gasteiger partial charge in [0.15, 0.2) is 0 Å². The maximum absolute atomic E-state index is 14.0. The van der Waals surface area contributed by atoms with Gasteiger partial charge in [-0.2, -0.15) is 0 Å². The molecule has 0 saturated carbocycles. The Morgan fingerprint density at radius 1 is 0.571 bits per heavy atom. The van der Waals surface area contributed by atoms with Crippen molar-refractivity contribution in [3.05, 3.63) is 54.1 Å². The molecule has 18 heteroatoms. The summed E-state index contributed by atoms with van der Waals surface area (Å²) in [5, 5.41) is 11.5. The molecule has 0 radical (unpaired) electrons. The molecule has 1 unspecified atom stereocenters. The van der Waals surface area contributed by atoms with E-state index in [2.05, 4.69) is 39.0 Å². The predicted octanol–water partition coefficient (Wildman–Crippen LogP) is 2.70. The van der Waals surface area contributed by atoms with Gasteiger partial charge in [-0.1, -0.05) is 42.0 Å². The summed E-state index contributed by atoms with van der Waals surface area (Å²) in [6.45, 7) is 4.79. The van der Waals surface area contributed by atoms with Gasteiger partial charge in [0.25, 0.3) is 5.91 Å². The van der Waals surface area contributed by atoms with Gasteiger partial charge in [0.1, 0.15) is 25.6 Å². The Kier molecular flexibility index (Phi) is 27.7. The van der Waals surface area contributed by atoms with Gasteiger partial charge in [0, 0.05) is 56.7 Å². The minimum atomic E-state index is -3.73. The number of hydrogen-bond acceptors (Lipinski definition) is 12. The first-order valence-corrected chi connectivity index (χ1v) is 22.5. The minimum Gasteiger partial charge on any atom is -0.425 e. The van der Waals surface area contributed by atoms with Crippen molar-refractivity contribution < 1.29 is 61.6 Å². The van der Waals surface area contributed by atoms with Gasteiger partial charge < -0.3 is 59.1 Å². The lowest BCUT2D eigenvalue weighted by molar-refractivity contribution is -0.121. The third kappa shape index (κ3) is 26.1. The standard InChI is InChI=1S/C45H61N4O13P/c1-5-25-56-31-34-59-28-22-46-41(50)16-19-45(20-17-42(51)47-23-29-60-35-32-57-26-6-2,21-18-43(52)48-24-30-61-36-33-58-27-7-3)49-44(53)39-10-8-37(9-11-39)38-12-14-40(15-13-38)62-63(4,54)55/h1-3,8-15H,16-36H2,4H3,(H,46,50)(H,47,51)(H,48,52)(H,49,53)(H,54,55). The summed E-state index contributed by atoms with van der Waals surface area (Å²) in [7, 11) is -3.73. The van der Waals surface area contributed by atoms with Gasteiger partial charge in [-0.25, -0.2) is 4.57 Å². The lowest BCUT2D eigenvalue weighted by Crippen LogP contribution is -2.50. The molecule has 5 N–H and O–H groups in total. The lowest BCUT2D eigenvalue weighted by Gasteiger charge is -2.35. The summed E-state index contributed by atoms with van der Waals surface area (Å²) in [5.74, 6) is 5.91.